The molecule has 3 rings (SSSR count). The second-order valence-corrected chi connectivity index (χ2v) is 6.10. The summed E-state index contributed by atoms with van der Waals surface area (Å²) < 4.78 is 10.3. The van der Waals surface area contributed by atoms with Crippen LogP contribution in [-0.4, -0.2) is 19.0 Å². The Morgan fingerprint density at radius 3 is 2.54 bits per heavy atom. The minimum Gasteiger partial charge on any atom is -0.497 e. The highest BCUT2D eigenvalue weighted by atomic mass is 35.5. The number of carbonyl (C=O) groups is 1. The van der Waals surface area contributed by atoms with Crippen molar-refractivity contribution in [2.24, 2.45) is 4.99 Å². The Kier molecular flexibility index (Phi) is 4.81. The van der Waals surface area contributed by atoms with Gasteiger partial charge in [-0.05, 0) is 42.0 Å². The molecular formula is C17H10Cl3NO3. The number of benzene rings is 2. The van der Waals surface area contributed by atoms with Gasteiger partial charge in [-0.2, -0.15) is 0 Å². The Bertz CT molecular complexity index is 891. The summed E-state index contributed by atoms with van der Waals surface area (Å²) >= 11 is 18.1. The van der Waals surface area contributed by atoms with Crippen LogP contribution < -0.4 is 4.74 Å². The van der Waals surface area contributed by atoms with E-state index in [0.717, 1.165) is 0 Å². The van der Waals surface area contributed by atoms with Crippen molar-refractivity contribution in [3.05, 3.63) is 68.3 Å². The lowest BCUT2D eigenvalue weighted by Crippen LogP contribution is -2.06. The molecule has 0 unspecified atom stereocenters. The Labute approximate surface area is 153 Å². The van der Waals surface area contributed by atoms with Crippen LogP contribution in [0.2, 0.25) is 15.1 Å². The highest BCUT2D eigenvalue weighted by molar-refractivity contribution is 6.36. The van der Waals surface area contributed by atoms with E-state index in [9.17, 15) is 4.79 Å². The Morgan fingerprint density at radius 2 is 1.88 bits per heavy atom. The number of halogens is 3. The van der Waals surface area contributed by atoms with Crippen molar-refractivity contribution in [1.29, 1.82) is 0 Å². The maximum Gasteiger partial charge on any atom is 0.363 e. The summed E-state index contributed by atoms with van der Waals surface area (Å²) in [5, 5.41) is 1.28. The fourth-order valence-corrected chi connectivity index (χ4v) is 2.80. The van der Waals surface area contributed by atoms with E-state index in [1.165, 1.54) is 13.2 Å². The molecule has 1 aliphatic heterocycles. The summed E-state index contributed by atoms with van der Waals surface area (Å²) in [6.45, 7) is 0. The topological polar surface area (TPSA) is 47.9 Å². The van der Waals surface area contributed by atoms with Crippen LogP contribution in [0.15, 0.2) is 47.1 Å². The lowest BCUT2D eigenvalue weighted by Gasteiger charge is -2.05. The number of cyclic esters (lactones) is 1. The zero-order valence-electron chi connectivity index (χ0n) is 12.3. The van der Waals surface area contributed by atoms with Gasteiger partial charge in [-0.3, -0.25) is 0 Å². The number of esters is 1. The zero-order valence-corrected chi connectivity index (χ0v) is 14.6. The molecule has 1 heterocycles. The lowest BCUT2D eigenvalue weighted by molar-refractivity contribution is -0.129. The molecule has 122 valence electrons. The first kappa shape index (κ1) is 16.8. The summed E-state index contributed by atoms with van der Waals surface area (Å²) in [6.07, 6.45) is 1.53. The maximum atomic E-state index is 12.0. The molecule has 0 fully saturated rings. The molecule has 0 N–H and O–H groups in total. The van der Waals surface area contributed by atoms with Gasteiger partial charge in [0, 0.05) is 10.0 Å². The van der Waals surface area contributed by atoms with E-state index in [0.29, 0.717) is 31.9 Å². The van der Waals surface area contributed by atoms with Crippen molar-refractivity contribution >= 4 is 52.7 Å². The summed E-state index contributed by atoms with van der Waals surface area (Å²) in [4.78, 5) is 16.2. The molecule has 1 aliphatic rings. The zero-order chi connectivity index (χ0) is 17.3. The number of aliphatic imine (C=N–C) groups is 1. The van der Waals surface area contributed by atoms with Crippen LogP contribution in [0.5, 0.6) is 5.75 Å². The molecule has 7 heteroatoms. The van der Waals surface area contributed by atoms with Gasteiger partial charge in [0.15, 0.2) is 5.70 Å². The molecular weight excluding hydrogens is 373 g/mol. The third-order valence-electron chi connectivity index (χ3n) is 3.28. The summed E-state index contributed by atoms with van der Waals surface area (Å²) in [6, 6.07) is 9.94. The minimum atomic E-state index is -0.581. The van der Waals surface area contributed by atoms with Gasteiger partial charge in [0.05, 0.1) is 17.7 Å². The molecule has 24 heavy (non-hydrogen) atoms. The van der Waals surface area contributed by atoms with E-state index in [2.05, 4.69) is 4.99 Å². The molecule has 0 amide bonds. The minimum absolute atomic E-state index is 0.126. The smallest absolute Gasteiger partial charge is 0.363 e. The van der Waals surface area contributed by atoms with Crippen molar-refractivity contribution in [3.63, 3.8) is 0 Å². The van der Waals surface area contributed by atoms with E-state index < -0.39 is 5.97 Å². The molecule has 0 aromatic heterocycles. The van der Waals surface area contributed by atoms with Crippen molar-refractivity contribution in [2.75, 3.05) is 7.11 Å². The molecule has 4 nitrogen and oxygen atoms in total. The van der Waals surface area contributed by atoms with Crippen LogP contribution in [0.25, 0.3) is 6.08 Å². The predicted octanol–water partition coefficient (Wildman–Crippen LogP) is 5.00. The number of ether oxygens (including phenoxy) is 2. The van der Waals surface area contributed by atoms with E-state index in [4.69, 9.17) is 44.3 Å². The van der Waals surface area contributed by atoms with Gasteiger partial charge in [0.1, 0.15) is 5.75 Å². The normalized spacial score (nSPS) is 15.4. The maximum absolute atomic E-state index is 12.0. The molecule has 0 saturated heterocycles. The second-order valence-electron chi connectivity index (χ2n) is 4.85. The van der Waals surface area contributed by atoms with Crippen molar-refractivity contribution in [3.8, 4) is 5.75 Å². The highest BCUT2D eigenvalue weighted by Gasteiger charge is 2.26. The number of nitrogens with zero attached hydrogens (tertiary/aromatic N) is 1. The second kappa shape index (κ2) is 6.85. The van der Waals surface area contributed by atoms with Crippen molar-refractivity contribution in [2.45, 2.75) is 0 Å². The van der Waals surface area contributed by atoms with Gasteiger partial charge < -0.3 is 9.47 Å². The molecule has 0 atom stereocenters. The molecule has 0 bridgehead atoms. The van der Waals surface area contributed by atoms with Crippen LogP contribution in [0, 0.1) is 0 Å². The molecule has 0 saturated carbocycles. The number of methoxy groups -OCH3 is 1. The Hall–Kier alpha value is -2.01. The molecule has 0 radical (unpaired) electrons. The Morgan fingerprint density at radius 1 is 1.08 bits per heavy atom. The van der Waals surface area contributed by atoms with Gasteiger partial charge in [-0.15, -0.1) is 0 Å². The monoisotopic (exact) mass is 381 g/mol. The van der Waals surface area contributed by atoms with E-state index in [1.807, 2.05) is 0 Å². The number of hydrogen-bond acceptors (Lipinski definition) is 4. The summed E-state index contributed by atoms with van der Waals surface area (Å²) in [5.74, 6) is 0.143. The van der Waals surface area contributed by atoms with Crippen molar-refractivity contribution < 1.29 is 14.3 Å². The van der Waals surface area contributed by atoms with Crippen molar-refractivity contribution in [1.82, 2.24) is 0 Å². The van der Waals surface area contributed by atoms with Crippen LogP contribution in [0.1, 0.15) is 11.1 Å². The van der Waals surface area contributed by atoms with E-state index in [-0.39, 0.29) is 11.6 Å². The SMILES string of the molecule is COc1ccc(C2=N/C(=C/c3ccc(Cl)cc3Cl)C(=O)O2)c(Cl)c1. The first-order valence-electron chi connectivity index (χ1n) is 6.79. The first-order valence-corrected chi connectivity index (χ1v) is 7.93. The van der Waals surface area contributed by atoms with E-state index >= 15 is 0 Å². The predicted molar refractivity (Wildman–Crippen MR) is 95.1 cm³/mol. The summed E-state index contributed by atoms with van der Waals surface area (Å²) in [7, 11) is 1.54. The van der Waals surface area contributed by atoms with Crippen LogP contribution in [-0.2, 0) is 9.53 Å². The number of rotatable bonds is 3. The first-order chi connectivity index (χ1) is 11.5. The van der Waals surface area contributed by atoms with Crippen LogP contribution >= 0.6 is 34.8 Å². The third-order valence-corrected chi connectivity index (χ3v) is 4.16. The fraction of sp³-hybridized carbons (Fsp3) is 0.0588. The van der Waals surface area contributed by atoms with Crippen LogP contribution in [0.4, 0.5) is 0 Å². The average molecular weight is 383 g/mol. The average Bonchev–Trinajstić information content (AvgIpc) is 2.90. The molecule has 0 spiro atoms. The largest absolute Gasteiger partial charge is 0.497 e. The fourth-order valence-electron chi connectivity index (χ4n) is 2.09. The highest BCUT2D eigenvalue weighted by Crippen LogP contribution is 2.28. The number of hydrogen-bond donors (Lipinski definition) is 0. The standard InChI is InChI=1S/C17H10Cl3NO3/c1-23-11-4-5-12(14(20)8-11)16-21-15(17(22)24-16)6-9-2-3-10(18)7-13(9)19/h2-8H,1H3/b15-6+. The molecule has 2 aromatic rings. The van der Waals surface area contributed by atoms with E-state index in [1.54, 1.807) is 36.4 Å². The number of carbonyl (C=O) groups excluding carboxylic acids is 1. The Balaban J connectivity index is 1.97. The molecule has 2 aromatic carbocycles. The molecule has 0 aliphatic carbocycles. The lowest BCUT2D eigenvalue weighted by atomic mass is 10.2. The van der Waals surface area contributed by atoms with Gasteiger partial charge >= 0.3 is 5.97 Å². The quantitative estimate of drug-likeness (QED) is 0.554. The van der Waals surface area contributed by atoms with Crippen LogP contribution in [0.3, 0.4) is 0 Å². The van der Waals surface area contributed by atoms with Gasteiger partial charge in [-0.25, -0.2) is 9.79 Å². The van der Waals surface area contributed by atoms with Gasteiger partial charge in [-0.1, -0.05) is 40.9 Å². The van der Waals surface area contributed by atoms with Gasteiger partial charge in [0.25, 0.3) is 0 Å². The summed E-state index contributed by atoms with van der Waals surface area (Å²) in [5.41, 5.74) is 1.23. The third kappa shape index (κ3) is 3.41. The van der Waals surface area contributed by atoms with Gasteiger partial charge in [0.2, 0.25) is 5.90 Å².